The summed E-state index contributed by atoms with van der Waals surface area (Å²) >= 11 is 0. The molecular formula is C12H17F2N4O2+. The molecule has 110 valence electrons. The van der Waals surface area contributed by atoms with Gasteiger partial charge in [-0.05, 0) is 18.0 Å². The molecule has 2 N–H and O–H groups in total. The first-order chi connectivity index (χ1) is 9.34. The van der Waals surface area contributed by atoms with Crippen LogP contribution in [0.3, 0.4) is 0 Å². The van der Waals surface area contributed by atoms with Gasteiger partial charge in [0.15, 0.2) is 0 Å². The first-order valence-corrected chi connectivity index (χ1v) is 6.44. The molecular weight excluding hydrogens is 270 g/mol. The molecule has 6 nitrogen and oxygen atoms in total. The van der Waals surface area contributed by atoms with E-state index < -0.39 is 11.5 Å². The summed E-state index contributed by atoms with van der Waals surface area (Å²) in [6.45, 7) is 1.68. The van der Waals surface area contributed by atoms with Crippen molar-refractivity contribution in [1.29, 1.82) is 0 Å². The summed E-state index contributed by atoms with van der Waals surface area (Å²) in [7, 11) is 1.52. The lowest BCUT2D eigenvalue weighted by molar-refractivity contribution is -0.379. The summed E-state index contributed by atoms with van der Waals surface area (Å²) in [6, 6.07) is -0.196. The fraction of sp³-hybridized carbons (Fsp3) is 0.667. The van der Waals surface area contributed by atoms with E-state index in [2.05, 4.69) is 15.5 Å². The molecule has 2 rings (SSSR count). The second-order valence-corrected chi connectivity index (χ2v) is 5.16. The van der Waals surface area contributed by atoms with Crippen LogP contribution in [0.4, 0.5) is 20.3 Å². The third kappa shape index (κ3) is 2.83. The van der Waals surface area contributed by atoms with E-state index in [9.17, 15) is 18.5 Å². The summed E-state index contributed by atoms with van der Waals surface area (Å²) in [5.74, 6) is -1.86. The average Bonchev–Trinajstić information content (AvgIpc) is 2.39. The number of nitrogens with one attached hydrogen (secondary N) is 2. The van der Waals surface area contributed by atoms with Crippen molar-refractivity contribution < 1.29 is 13.8 Å². The molecule has 8 heteroatoms. The first kappa shape index (κ1) is 14.5. The molecule has 0 bridgehead atoms. The Balaban J connectivity index is 2.22. The first-order valence-electron chi connectivity index (χ1n) is 6.44. The van der Waals surface area contributed by atoms with Gasteiger partial charge in [-0.3, -0.25) is 0 Å². The minimum absolute atomic E-state index is 0.196. The number of alkyl halides is 2. The van der Waals surface area contributed by atoms with Crippen LogP contribution in [0.15, 0.2) is 9.97 Å². The van der Waals surface area contributed by atoms with E-state index in [1.165, 1.54) is 11.6 Å². The van der Waals surface area contributed by atoms with E-state index in [0.717, 1.165) is 0 Å². The standard InChI is InChI=1S/C12H16F2N4O2/c1-7-15-10(9(17-20)11(19)18(7)2)16-8-3-5-12(13,14)6-4-8/h8,16H,3-6H2,1-2H3/p+1. The van der Waals surface area contributed by atoms with Crippen molar-refractivity contribution in [2.45, 2.75) is 44.6 Å². The Morgan fingerprint density at radius 2 is 2.00 bits per heavy atom. The predicted octanol–water partition coefficient (Wildman–Crippen LogP) is 1.90. The zero-order valence-electron chi connectivity index (χ0n) is 11.4. The second kappa shape index (κ2) is 5.26. The van der Waals surface area contributed by atoms with Crippen LogP contribution in [0.5, 0.6) is 0 Å². The molecule has 1 aromatic heterocycles. The van der Waals surface area contributed by atoms with Gasteiger partial charge in [0, 0.05) is 19.8 Å². The van der Waals surface area contributed by atoms with Gasteiger partial charge in [-0.1, -0.05) is 0 Å². The molecule has 0 atom stereocenters. The highest BCUT2D eigenvalue weighted by molar-refractivity contribution is 5.55. The molecule has 0 aromatic carbocycles. The molecule has 1 fully saturated rings. The molecule has 0 radical (unpaired) electrons. The van der Waals surface area contributed by atoms with E-state index in [1.54, 1.807) is 6.92 Å². The summed E-state index contributed by atoms with van der Waals surface area (Å²) in [4.78, 5) is 25.6. The number of hydrogen-bond acceptors (Lipinski definition) is 4. The molecule has 1 aromatic rings. The van der Waals surface area contributed by atoms with Crippen molar-refractivity contribution >= 4 is 11.5 Å². The maximum Gasteiger partial charge on any atom is 0.342 e. The lowest BCUT2D eigenvalue weighted by Gasteiger charge is -2.27. The van der Waals surface area contributed by atoms with Crippen molar-refractivity contribution in [3.63, 3.8) is 0 Å². The fourth-order valence-corrected chi connectivity index (χ4v) is 2.32. The van der Waals surface area contributed by atoms with Gasteiger partial charge in [-0.25, -0.2) is 23.1 Å². The van der Waals surface area contributed by atoms with Crippen LogP contribution in [-0.2, 0) is 7.05 Å². The van der Waals surface area contributed by atoms with Crippen LogP contribution in [0.1, 0.15) is 31.5 Å². The van der Waals surface area contributed by atoms with Crippen LogP contribution < -0.4 is 15.9 Å². The Morgan fingerprint density at radius 1 is 1.40 bits per heavy atom. The van der Waals surface area contributed by atoms with Gasteiger partial charge in [0.25, 0.3) is 11.5 Å². The van der Waals surface area contributed by atoms with Crippen molar-refractivity contribution in [2.75, 3.05) is 5.32 Å². The highest BCUT2D eigenvalue weighted by atomic mass is 19.3. The normalized spacial score (nSPS) is 18.8. The van der Waals surface area contributed by atoms with E-state index in [4.69, 9.17) is 0 Å². The van der Waals surface area contributed by atoms with Crippen LogP contribution >= 0.6 is 0 Å². The molecule has 1 aliphatic carbocycles. The Hall–Kier alpha value is -1.86. The fourth-order valence-electron chi connectivity index (χ4n) is 2.32. The molecule has 0 spiro atoms. The van der Waals surface area contributed by atoms with Gasteiger partial charge < -0.3 is 5.32 Å². The van der Waals surface area contributed by atoms with Gasteiger partial charge in [0.2, 0.25) is 11.7 Å². The monoisotopic (exact) mass is 287 g/mol. The maximum absolute atomic E-state index is 13.1. The number of H-pyrrole nitrogens is 1. The SMILES string of the molecule is Cc1[nH+]c(NC2CCC(F)(F)CC2)c(N=O)c(=O)n1C. The average molecular weight is 287 g/mol. The van der Waals surface area contributed by atoms with Crippen molar-refractivity contribution in [1.82, 2.24) is 4.57 Å². The minimum atomic E-state index is -2.61. The highest BCUT2D eigenvalue weighted by Gasteiger charge is 2.36. The van der Waals surface area contributed by atoms with Gasteiger partial charge in [0.05, 0.1) is 13.1 Å². The topological polar surface area (TPSA) is 77.6 Å². The number of nitrogens with zero attached hydrogens (tertiary/aromatic N) is 2. The molecule has 1 saturated carbocycles. The Bertz CT molecular complexity index is 576. The lowest BCUT2D eigenvalue weighted by atomic mass is 9.92. The molecule has 0 aliphatic heterocycles. The summed E-state index contributed by atoms with van der Waals surface area (Å²) in [6.07, 6.45) is 0.178. The summed E-state index contributed by atoms with van der Waals surface area (Å²) < 4.78 is 27.4. The van der Waals surface area contributed by atoms with Crippen LogP contribution in [0, 0.1) is 11.8 Å². The van der Waals surface area contributed by atoms with Crippen molar-refractivity contribution in [3.05, 3.63) is 21.1 Å². The van der Waals surface area contributed by atoms with Crippen LogP contribution in [0.25, 0.3) is 0 Å². The number of hydrogen-bond donors (Lipinski definition) is 1. The molecule has 0 saturated heterocycles. The third-order valence-electron chi connectivity index (χ3n) is 3.71. The number of halogens is 2. The van der Waals surface area contributed by atoms with E-state index in [-0.39, 0.29) is 43.2 Å². The summed E-state index contributed by atoms with van der Waals surface area (Å²) in [5, 5.41) is 5.69. The van der Waals surface area contributed by atoms with Gasteiger partial charge >= 0.3 is 5.56 Å². The highest BCUT2D eigenvalue weighted by Crippen LogP contribution is 2.34. The number of anilines is 1. The van der Waals surface area contributed by atoms with Crippen molar-refractivity contribution in [3.8, 4) is 0 Å². The quantitative estimate of drug-likeness (QED) is 0.862. The number of aryl methyl sites for hydroxylation is 1. The van der Waals surface area contributed by atoms with E-state index >= 15 is 0 Å². The third-order valence-corrected chi connectivity index (χ3v) is 3.71. The molecule has 1 aliphatic rings. The number of aromatic amines is 1. The van der Waals surface area contributed by atoms with Gasteiger partial charge in [-0.15, -0.1) is 4.91 Å². The molecule has 20 heavy (non-hydrogen) atoms. The van der Waals surface area contributed by atoms with Crippen LogP contribution in [-0.4, -0.2) is 16.5 Å². The number of nitroso groups, excluding NO2 is 1. The summed E-state index contributed by atoms with van der Waals surface area (Å²) in [5.41, 5.74) is -0.768. The molecule has 0 unspecified atom stereocenters. The number of aromatic nitrogens is 2. The zero-order chi connectivity index (χ0) is 14.9. The smallest absolute Gasteiger partial charge is 0.301 e. The lowest BCUT2D eigenvalue weighted by Crippen LogP contribution is -2.36. The van der Waals surface area contributed by atoms with E-state index in [1.807, 2.05) is 0 Å². The maximum atomic E-state index is 13.1. The zero-order valence-corrected chi connectivity index (χ0v) is 11.4. The van der Waals surface area contributed by atoms with Crippen LogP contribution in [0.2, 0.25) is 0 Å². The molecule has 1 heterocycles. The Kier molecular flexibility index (Phi) is 3.82. The Morgan fingerprint density at radius 3 is 2.55 bits per heavy atom. The van der Waals surface area contributed by atoms with Gasteiger partial charge in [-0.2, -0.15) is 0 Å². The van der Waals surface area contributed by atoms with Crippen molar-refractivity contribution in [2.24, 2.45) is 12.2 Å². The number of rotatable bonds is 3. The predicted molar refractivity (Wildman–Crippen MR) is 69.3 cm³/mol. The minimum Gasteiger partial charge on any atom is -0.301 e. The Labute approximate surface area is 114 Å². The largest absolute Gasteiger partial charge is 0.342 e. The second-order valence-electron chi connectivity index (χ2n) is 5.16. The van der Waals surface area contributed by atoms with E-state index in [0.29, 0.717) is 5.82 Å². The van der Waals surface area contributed by atoms with Gasteiger partial charge in [0.1, 0.15) is 0 Å². The molecule has 0 amide bonds.